The molecule has 1 aromatic heterocycles. The van der Waals surface area contributed by atoms with Crippen LogP contribution in [0.15, 0.2) is 24.3 Å². The van der Waals surface area contributed by atoms with Crippen LogP contribution in [0.2, 0.25) is 0 Å². The second-order valence-electron chi connectivity index (χ2n) is 6.86. The van der Waals surface area contributed by atoms with Crippen LogP contribution in [0.1, 0.15) is 21.7 Å². The number of thiophene rings is 1. The first-order valence-corrected chi connectivity index (χ1v) is 9.73. The third kappa shape index (κ3) is 3.46. The van der Waals surface area contributed by atoms with E-state index in [2.05, 4.69) is 17.4 Å². The Balaban J connectivity index is 0.00000196. The van der Waals surface area contributed by atoms with Crippen molar-refractivity contribution in [2.24, 2.45) is 5.92 Å². The number of piperazine rings is 1. The normalized spacial score (nSPS) is 20.3. The van der Waals surface area contributed by atoms with Gasteiger partial charge >= 0.3 is 0 Å². The quantitative estimate of drug-likeness (QED) is 0.853. The number of fused-ring (bicyclic) bond motifs is 1. The van der Waals surface area contributed by atoms with E-state index in [0.29, 0.717) is 26.2 Å². The van der Waals surface area contributed by atoms with E-state index in [1.54, 1.807) is 11.3 Å². The summed E-state index contributed by atoms with van der Waals surface area (Å²) in [6.45, 7) is 6.28. The molecule has 2 aliphatic heterocycles. The molecule has 2 amide bonds. The number of carbonyl (C=O) groups is 2. The van der Waals surface area contributed by atoms with E-state index < -0.39 is 0 Å². The van der Waals surface area contributed by atoms with E-state index in [0.717, 1.165) is 34.7 Å². The molecule has 0 bridgehead atoms. The van der Waals surface area contributed by atoms with Crippen LogP contribution < -0.4 is 5.32 Å². The van der Waals surface area contributed by atoms with Crippen LogP contribution >= 0.6 is 23.7 Å². The molecule has 4 rings (SSSR count). The lowest BCUT2D eigenvalue weighted by molar-refractivity contribution is -0.136. The van der Waals surface area contributed by atoms with Crippen LogP contribution in [0, 0.1) is 12.8 Å². The molecule has 5 nitrogen and oxygen atoms in total. The molecular formula is C19H24ClN3O2S. The van der Waals surface area contributed by atoms with Crippen LogP contribution in [0.5, 0.6) is 0 Å². The Morgan fingerprint density at radius 3 is 2.46 bits per heavy atom. The third-order valence-corrected chi connectivity index (χ3v) is 6.59. The fraction of sp³-hybridized carbons (Fsp3) is 0.474. The minimum atomic E-state index is 0. The predicted molar refractivity (Wildman–Crippen MR) is 107 cm³/mol. The van der Waals surface area contributed by atoms with Gasteiger partial charge in [0.1, 0.15) is 0 Å². The number of carbonyl (C=O) groups excluding carboxylic acids is 2. The van der Waals surface area contributed by atoms with E-state index in [9.17, 15) is 9.59 Å². The molecule has 2 fully saturated rings. The van der Waals surface area contributed by atoms with Crippen LogP contribution in [0.3, 0.4) is 0 Å². The van der Waals surface area contributed by atoms with Crippen molar-refractivity contribution in [1.29, 1.82) is 0 Å². The summed E-state index contributed by atoms with van der Waals surface area (Å²) in [6, 6.07) is 8.16. The highest BCUT2D eigenvalue weighted by Gasteiger charge is 2.31. The molecule has 26 heavy (non-hydrogen) atoms. The maximum atomic E-state index is 12.9. The predicted octanol–water partition coefficient (Wildman–Crippen LogP) is 2.53. The number of benzene rings is 1. The van der Waals surface area contributed by atoms with Crippen molar-refractivity contribution in [3.05, 3.63) is 34.7 Å². The van der Waals surface area contributed by atoms with Gasteiger partial charge in [-0.3, -0.25) is 9.59 Å². The summed E-state index contributed by atoms with van der Waals surface area (Å²) in [7, 11) is 0. The van der Waals surface area contributed by atoms with Gasteiger partial charge in [-0.2, -0.15) is 0 Å². The summed E-state index contributed by atoms with van der Waals surface area (Å²) in [5.74, 6) is 0.468. The van der Waals surface area contributed by atoms with Crippen LogP contribution in [0.25, 0.3) is 10.1 Å². The highest BCUT2D eigenvalue weighted by atomic mass is 35.5. The molecule has 1 atom stereocenters. The standard InChI is InChI=1S/C19H23N3O2S.ClH/c1-13-15-4-2-3-5-16(15)25-17(13)19(24)22-10-8-21(9-11-22)18(23)14-6-7-20-12-14;/h2-5,14,20H,6-12H2,1H3;1H. The minimum Gasteiger partial charge on any atom is -0.339 e. The van der Waals surface area contributed by atoms with Gasteiger partial charge in [-0.05, 0) is 36.9 Å². The number of halogens is 1. The fourth-order valence-corrected chi connectivity index (χ4v) is 4.95. The summed E-state index contributed by atoms with van der Waals surface area (Å²) in [4.78, 5) is 30.1. The summed E-state index contributed by atoms with van der Waals surface area (Å²) >= 11 is 1.57. The van der Waals surface area contributed by atoms with Crippen molar-refractivity contribution in [2.75, 3.05) is 39.3 Å². The lowest BCUT2D eigenvalue weighted by Gasteiger charge is -2.35. The Hall–Kier alpha value is -1.63. The molecule has 2 aliphatic rings. The monoisotopic (exact) mass is 393 g/mol. The van der Waals surface area contributed by atoms with Crippen molar-refractivity contribution in [3.63, 3.8) is 0 Å². The van der Waals surface area contributed by atoms with Gasteiger partial charge in [0.25, 0.3) is 5.91 Å². The third-order valence-electron chi connectivity index (χ3n) is 5.33. The Morgan fingerprint density at radius 1 is 1.12 bits per heavy atom. The van der Waals surface area contributed by atoms with Crippen molar-refractivity contribution in [3.8, 4) is 0 Å². The average Bonchev–Trinajstić information content (AvgIpc) is 3.30. The molecule has 1 aromatic carbocycles. The number of nitrogens with zero attached hydrogens (tertiary/aromatic N) is 2. The molecule has 1 N–H and O–H groups in total. The fourth-order valence-electron chi connectivity index (χ4n) is 3.78. The van der Waals surface area contributed by atoms with Crippen LogP contribution in [-0.2, 0) is 4.79 Å². The molecule has 3 heterocycles. The van der Waals surface area contributed by atoms with Crippen LogP contribution in [0.4, 0.5) is 0 Å². The zero-order chi connectivity index (χ0) is 17.4. The number of hydrogen-bond acceptors (Lipinski definition) is 4. The minimum absolute atomic E-state index is 0. The Labute approximate surface area is 163 Å². The van der Waals surface area contributed by atoms with Gasteiger partial charge in [-0.15, -0.1) is 23.7 Å². The molecule has 0 aliphatic carbocycles. The maximum absolute atomic E-state index is 12.9. The highest BCUT2D eigenvalue weighted by molar-refractivity contribution is 7.21. The first-order valence-electron chi connectivity index (χ1n) is 8.92. The molecule has 140 valence electrons. The lowest BCUT2D eigenvalue weighted by atomic mass is 10.1. The van der Waals surface area contributed by atoms with E-state index >= 15 is 0 Å². The molecule has 7 heteroatoms. The van der Waals surface area contributed by atoms with Gasteiger partial charge in [0.05, 0.1) is 10.8 Å². The Morgan fingerprint density at radius 2 is 1.81 bits per heavy atom. The molecule has 2 aromatic rings. The van der Waals surface area contributed by atoms with Crippen molar-refractivity contribution in [1.82, 2.24) is 15.1 Å². The first kappa shape index (κ1) is 19.1. The summed E-state index contributed by atoms with van der Waals surface area (Å²) in [5.41, 5.74) is 1.07. The zero-order valence-corrected chi connectivity index (χ0v) is 16.5. The number of amides is 2. The summed E-state index contributed by atoms with van der Waals surface area (Å²) in [6.07, 6.45) is 0.930. The molecule has 1 unspecified atom stereocenters. The Bertz CT molecular complexity index is 808. The van der Waals surface area contributed by atoms with Gasteiger partial charge < -0.3 is 15.1 Å². The second-order valence-corrected chi connectivity index (χ2v) is 7.91. The van der Waals surface area contributed by atoms with Gasteiger partial charge in [-0.1, -0.05) is 18.2 Å². The van der Waals surface area contributed by atoms with Crippen molar-refractivity contribution >= 4 is 45.6 Å². The Kier molecular flexibility index (Phi) is 5.85. The number of rotatable bonds is 2. The molecule has 0 spiro atoms. The van der Waals surface area contributed by atoms with Gasteiger partial charge in [-0.25, -0.2) is 0 Å². The lowest BCUT2D eigenvalue weighted by Crippen LogP contribution is -2.52. The van der Waals surface area contributed by atoms with Gasteiger partial charge in [0.2, 0.25) is 5.91 Å². The van der Waals surface area contributed by atoms with E-state index in [4.69, 9.17) is 0 Å². The smallest absolute Gasteiger partial charge is 0.264 e. The van der Waals surface area contributed by atoms with Crippen LogP contribution in [-0.4, -0.2) is 60.9 Å². The van der Waals surface area contributed by atoms with Crippen molar-refractivity contribution in [2.45, 2.75) is 13.3 Å². The summed E-state index contributed by atoms with van der Waals surface area (Å²) in [5, 5.41) is 4.41. The largest absolute Gasteiger partial charge is 0.339 e. The molecule has 0 saturated carbocycles. The van der Waals surface area contributed by atoms with E-state index in [-0.39, 0.29) is 30.1 Å². The SMILES string of the molecule is Cc1c(C(=O)N2CCN(C(=O)C3CCNC3)CC2)sc2ccccc12.Cl. The highest BCUT2D eigenvalue weighted by Crippen LogP contribution is 2.31. The zero-order valence-electron chi connectivity index (χ0n) is 14.9. The van der Waals surface area contributed by atoms with Crippen molar-refractivity contribution < 1.29 is 9.59 Å². The number of nitrogens with one attached hydrogen (secondary N) is 1. The first-order chi connectivity index (χ1) is 12.1. The average molecular weight is 394 g/mol. The molecular weight excluding hydrogens is 370 g/mol. The van der Waals surface area contributed by atoms with E-state index in [1.807, 2.05) is 28.9 Å². The van der Waals surface area contributed by atoms with Gasteiger partial charge in [0, 0.05) is 37.4 Å². The van der Waals surface area contributed by atoms with E-state index in [1.165, 1.54) is 5.39 Å². The number of aryl methyl sites for hydroxylation is 1. The topological polar surface area (TPSA) is 52.7 Å². The second kappa shape index (κ2) is 7.94. The molecule has 0 radical (unpaired) electrons. The van der Waals surface area contributed by atoms with Gasteiger partial charge in [0.15, 0.2) is 0 Å². The number of hydrogen-bond donors (Lipinski definition) is 1. The summed E-state index contributed by atoms with van der Waals surface area (Å²) < 4.78 is 1.16. The molecule has 2 saturated heterocycles. The maximum Gasteiger partial charge on any atom is 0.264 e.